The molecule has 2 N–H and O–H groups in total. The molecule has 25 heavy (non-hydrogen) atoms. The van der Waals surface area contributed by atoms with Crippen molar-refractivity contribution in [1.82, 2.24) is 20.2 Å². The Kier molecular flexibility index (Phi) is 5.06. The third kappa shape index (κ3) is 4.00. The molecule has 0 aliphatic carbocycles. The number of aromatic amines is 1. The van der Waals surface area contributed by atoms with Crippen LogP contribution in [0.4, 0.5) is 0 Å². The minimum Gasteiger partial charge on any atom is -0.346 e. The van der Waals surface area contributed by atoms with Crippen LogP contribution in [0.5, 0.6) is 0 Å². The van der Waals surface area contributed by atoms with Crippen LogP contribution < -0.4 is 5.32 Å². The predicted molar refractivity (Wildman–Crippen MR) is 96.8 cm³/mol. The third-order valence-corrected chi connectivity index (χ3v) is 4.79. The Morgan fingerprint density at radius 3 is 2.84 bits per heavy atom. The Hall–Kier alpha value is -2.37. The molecule has 0 unspecified atom stereocenters. The summed E-state index contributed by atoms with van der Waals surface area (Å²) in [6.45, 7) is 4.89. The van der Waals surface area contributed by atoms with Gasteiger partial charge < -0.3 is 15.2 Å². The number of para-hydroxylation sites is 2. The maximum absolute atomic E-state index is 12.7. The van der Waals surface area contributed by atoms with Gasteiger partial charge in [0.25, 0.3) is 0 Å². The molecule has 2 aromatic rings. The van der Waals surface area contributed by atoms with Crippen LogP contribution in [-0.2, 0) is 9.59 Å². The number of carbonyl (C=O) groups is 2. The summed E-state index contributed by atoms with van der Waals surface area (Å²) in [6.07, 6.45) is 1.80. The number of carbonyl (C=O) groups excluding carboxylic acids is 2. The predicted octanol–water partition coefficient (Wildman–Crippen LogP) is 2.63. The quantitative estimate of drug-likeness (QED) is 0.877. The molecule has 2 amide bonds. The molecule has 6 nitrogen and oxygen atoms in total. The Morgan fingerprint density at radius 2 is 2.16 bits per heavy atom. The summed E-state index contributed by atoms with van der Waals surface area (Å²) in [5, 5.41) is 3.13. The van der Waals surface area contributed by atoms with Gasteiger partial charge in [-0.2, -0.15) is 0 Å². The van der Waals surface area contributed by atoms with E-state index in [1.807, 2.05) is 24.3 Å². The maximum Gasteiger partial charge on any atom is 0.224 e. The lowest BCUT2D eigenvalue weighted by Gasteiger charge is -2.29. The number of nitrogens with one attached hydrogen (secondary N) is 2. The van der Waals surface area contributed by atoms with Crippen LogP contribution in [0.25, 0.3) is 11.0 Å². The standard InChI is InChI=1S/C19H26N4O2/c1-12(2)10-16(18-20-14-6-4-5-7-15(14)21-18)22-19(25)13-8-9-23(3)17(24)11-13/h4-7,12-13,16H,8-11H2,1-3H3,(H,20,21)(H,22,25)/t13-,16+/m1/s1. The highest BCUT2D eigenvalue weighted by Gasteiger charge is 2.30. The van der Waals surface area contributed by atoms with E-state index in [2.05, 4.69) is 29.1 Å². The van der Waals surface area contributed by atoms with E-state index in [1.165, 1.54) is 0 Å². The fraction of sp³-hybridized carbons (Fsp3) is 0.526. The fourth-order valence-electron chi connectivity index (χ4n) is 3.30. The van der Waals surface area contributed by atoms with Crippen LogP contribution in [0.2, 0.25) is 0 Å². The molecule has 1 aromatic carbocycles. The number of imidazole rings is 1. The summed E-state index contributed by atoms with van der Waals surface area (Å²) in [7, 11) is 1.78. The van der Waals surface area contributed by atoms with Gasteiger partial charge in [-0.3, -0.25) is 9.59 Å². The monoisotopic (exact) mass is 342 g/mol. The number of aromatic nitrogens is 2. The number of amides is 2. The lowest BCUT2D eigenvalue weighted by Crippen LogP contribution is -2.43. The van der Waals surface area contributed by atoms with Crippen molar-refractivity contribution in [2.45, 2.75) is 39.2 Å². The second-order valence-electron chi connectivity index (χ2n) is 7.33. The fourth-order valence-corrected chi connectivity index (χ4v) is 3.30. The van der Waals surface area contributed by atoms with Crippen molar-refractivity contribution in [3.05, 3.63) is 30.1 Å². The zero-order valence-corrected chi connectivity index (χ0v) is 15.1. The molecule has 0 bridgehead atoms. The van der Waals surface area contributed by atoms with Gasteiger partial charge in [0.1, 0.15) is 5.82 Å². The van der Waals surface area contributed by atoms with Crippen LogP contribution in [-0.4, -0.2) is 40.3 Å². The second kappa shape index (κ2) is 7.25. The Labute approximate surface area is 148 Å². The number of hydrogen-bond acceptors (Lipinski definition) is 3. The molecule has 0 saturated carbocycles. The van der Waals surface area contributed by atoms with E-state index in [0.717, 1.165) is 23.3 Å². The normalized spacial score (nSPS) is 19.4. The minimum atomic E-state index is -0.247. The van der Waals surface area contributed by atoms with E-state index >= 15 is 0 Å². The molecule has 1 saturated heterocycles. The Balaban J connectivity index is 1.76. The summed E-state index contributed by atoms with van der Waals surface area (Å²) in [5.41, 5.74) is 1.87. The number of piperidine rings is 1. The minimum absolute atomic E-state index is 0.0375. The van der Waals surface area contributed by atoms with Gasteiger partial charge in [0.2, 0.25) is 11.8 Å². The first-order valence-electron chi connectivity index (χ1n) is 8.93. The van der Waals surface area contributed by atoms with Crippen molar-refractivity contribution in [3.63, 3.8) is 0 Å². The number of likely N-dealkylation sites (tertiary alicyclic amines) is 1. The van der Waals surface area contributed by atoms with Crippen LogP contribution >= 0.6 is 0 Å². The van der Waals surface area contributed by atoms with Crippen LogP contribution in [0.15, 0.2) is 24.3 Å². The lowest BCUT2D eigenvalue weighted by atomic mass is 9.94. The zero-order chi connectivity index (χ0) is 18.0. The molecule has 134 valence electrons. The summed E-state index contributed by atoms with van der Waals surface area (Å²) in [6, 6.07) is 7.68. The van der Waals surface area contributed by atoms with Gasteiger partial charge in [0.05, 0.1) is 17.1 Å². The van der Waals surface area contributed by atoms with Gasteiger partial charge in [0, 0.05) is 25.9 Å². The number of rotatable bonds is 5. The van der Waals surface area contributed by atoms with Crippen LogP contribution in [0.3, 0.4) is 0 Å². The Morgan fingerprint density at radius 1 is 1.40 bits per heavy atom. The molecule has 2 atom stereocenters. The van der Waals surface area contributed by atoms with Gasteiger partial charge in [-0.05, 0) is 30.9 Å². The van der Waals surface area contributed by atoms with Crippen molar-refractivity contribution in [1.29, 1.82) is 0 Å². The average molecular weight is 342 g/mol. The Bertz CT molecular complexity index is 735. The van der Waals surface area contributed by atoms with Gasteiger partial charge in [-0.15, -0.1) is 0 Å². The summed E-state index contributed by atoms with van der Waals surface area (Å²) in [5.74, 6) is 0.936. The highest BCUT2D eigenvalue weighted by Crippen LogP contribution is 2.24. The zero-order valence-electron chi connectivity index (χ0n) is 15.1. The summed E-state index contributed by atoms with van der Waals surface area (Å²) >= 11 is 0. The number of hydrogen-bond donors (Lipinski definition) is 2. The van der Waals surface area contributed by atoms with E-state index in [0.29, 0.717) is 18.9 Å². The van der Waals surface area contributed by atoms with Crippen molar-refractivity contribution < 1.29 is 9.59 Å². The largest absolute Gasteiger partial charge is 0.346 e. The molecule has 1 aliphatic heterocycles. The second-order valence-corrected chi connectivity index (χ2v) is 7.33. The van der Waals surface area contributed by atoms with E-state index in [9.17, 15) is 9.59 Å². The molecule has 3 rings (SSSR count). The molecule has 0 spiro atoms. The van der Waals surface area contributed by atoms with E-state index in [4.69, 9.17) is 0 Å². The van der Waals surface area contributed by atoms with Gasteiger partial charge in [0.15, 0.2) is 0 Å². The number of fused-ring (bicyclic) bond motifs is 1. The molecule has 6 heteroatoms. The van der Waals surface area contributed by atoms with Gasteiger partial charge in [-0.1, -0.05) is 26.0 Å². The first-order chi connectivity index (χ1) is 11.9. The molecule has 0 radical (unpaired) electrons. The smallest absolute Gasteiger partial charge is 0.224 e. The average Bonchev–Trinajstić information content (AvgIpc) is 3.00. The summed E-state index contributed by atoms with van der Waals surface area (Å²) in [4.78, 5) is 34.3. The van der Waals surface area contributed by atoms with Gasteiger partial charge >= 0.3 is 0 Å². The van der Waals surface area contributed by atoms with E-state index in [-0.39, 0.29) is 30.2 Å². The molecular weight excluding hydrogens is 316 g/mol. The number of nitrogens with zero attached hydrogens (tertiary/aromatic N) is 2. The van der Waals surface area contributed by atoms with Crippen molar-refractivity contribution in [2.24, 2.45) is 11.8 Å². The molecular formula is C19H26N4O2. The highest BCUT2D eigenvalue weighted by atomic mass is 16.2. The highest BCUT2D eigenvalue weighted by molar-refractivity contribution is 5.87. The number of benzene rings is 1. The van der Waals surface area contributed by atoms with Gasteiger partial charge in [-0.25, -0.2) is 4.98 Å². The third-order valence-electron chi connectivity index (χ3n) is 4.79. The SMILES string of the molecule is CC(C)C[C@H](NC(=O)[C@@H]1CCN(C)C(=O)C1)c1nc2ccccc2[nH]1. The van der Waals surface area contributed by atoms with E-state index in [1.54, 1.807) is 11.9 Å². The first-order valence-corrected chi connectivity index (χ1v) is 8.93. The topological polar surface area (TPSA) is 78.1 Å². The number of H-pyrrole nitrogens is 1. The van der Waals surface area contributed by atoms with Crippen molar-refractivity contribution >= 4 is 22.8 Å². The first kappa shape index (κ1) is 17.5. The molecule has 2 heterocycles. The summed E-state index contributed by atoms with van der Waals surface area (Å²) < 4.78 is 0. The lowest BCUT2D eigenvalue weighted by molar-refractivity contribution is -0.139. The van der Waals surface area contributed by atoms with E-state index < -0.39 is 0 Å². The molecule has 1 aliphatic rings. The van der Waals surface area contributed by atoms with Crippen molar-refractivity contribution in [2.75, 3.05) is 13.6 Å². The maximum atomic E-state index is 12.7. The molecule has 1 fully saturated rings. The molecule has 1 aromatic heterocycles. The van der Waals surface area contributed by atoms with Crippen molar-refractivity contribution in [3.8, 4) is 0 Å². The van der Waals surface area contributed by atoms with Crippen LogP contribution in [0.1, 0.15) is 45.0 Å². The van der Waals surface area contributed by atoms with Crippen LogP contribution in [0, 0.1) is 11.8 Å².